The molecule has 0 spiro atoms. The summed E-state index contributed by atoms with van der Waals surface area (Å²) in [5.41, 5.74) is 5.69. The van der Waals surface area contributed by atoms with Gasteiger partial charge >= 0.3 is 0 Å². The first-order valence-corrected chi connectivity index (χ1v) is 7.32. The Morgan fingerprint density at radius 2 is 2.16 bits per heavy atom. The predicted octanol–water partition coefficient (Wildman–Crippen LogP) is 0.921. The lowest BCUT2D eigenvalue weighted by atomic mass is 9.81. The van der Waals surface area contributed by atoms with Crippen molar-refractivity contribution in [3.05, 3.63) is 0 Å². The summed E-state index contributed by atoms with van der Waals surface area (Å²) in [7, 11) is 1.66. The first-order chi connectivity index (χ1) is 9.27. The summed E-state index contributed by atoms with van der Waals surface area (Å²) in [5, 5.41) is 3.00. The van der Waals surface area contributed by atoms with E-state index < -0.39 is 0 Å². The second-order valence-corrected chi connectivity index (χ2v) is 5.22. The van der Waals surface area contributed by atoms with E-state index in [9.17, 15) is 4.79 Å². The number of carbonyl (C=O) groups is 1. The smallest absolute Gasteiger partial charge is 0.223 e. The largest absolute Gasteiger partial charge is 0.382 e. The van der Waals surface area contributed by atoms with Crippen LogP contribution in [0.5, 0.6) is 0 Å². The molecule has 0 aromatic rings. The second kappa shape index (κ2) is 10.2. The van der Waals surface area contributed by atoms with Crippen LogP contribution in [0.15, 0.2) is 0 Å². The minimum Gasteiger partial charge on any atom is -0.382 e. The number of nitrogens with two attached hydrogens (primary N) is 1. The van der Waals surface area contributed by atoms with Gasteiger partial charge in [0.1, 0.15) is 0 Å². The van der Waals surface area contributed by atoms with Crippen LogP contribution in [-0.4, -0.2) is 45.9 Å². The summed E-state index contributed by atoms with van der Waals surface area (Å²) < 4.78 is 10.2. The Labute approximate surface area is 116 Å². The third-order valence-corrected chi connectivity index (χ3v) is 3.68. The third-order valence-electron chi connectivity index (χ3n) is 3.68. The fraction of sp³-hybridized carbons (Fsp3) is 0.929. The molecule has 0 heterocycles. The minimum absolute atomic E-state index is 0.164. The lowest BCUT2D eigenvalue weighted by molar-refractivity contribution is -0.126. The number of carbonyl (C=O) groups excluding carboxylic acids is 1. The maximum atomic E-state index is 12.0. The van der Waals surface area contributed by atoms with Gasteiger partial charge in [-0.05, 0) is 38.1 Å². The zero-order chi connectivity index (χ0) is 13.9. The zero-order valence-corrected chi connectivity index (χ0v) is 12.0. The molecular weight excluding hydrogens is 244 g/mol. The SMILES string of the molecule is COCCOCCCNC(=O)C1CCCC(CN)C1. The number of rotatable bonds is 9. The van der Waals surface area contributed by atoms with Gasteiger partial charge in [0.2, 0.25) is 5.91 Å². The number of ether oxygens (including phenoxy) is 2. The molecule has 0 saturated heterocycles. The van der Waals surface area contributed by atoms with Crippen LogP contribution in [0.2, 0.25) is 0 Å². The molecule has 1 saturated carbocycles. The molecular formula is C14H28N2O3. The molecule has 5 nitrogen and oxygen atoms in total. The Kier molecular flexibility index (Phi) is 8.79. The molecule has 0 radical (unpaired) electrons. The van der Waals surface area contributed by atoms with Gasteiger partial charge in [-0.3, -0.25) is 4.79 Å². The Bertz CT molecular complexity index is 249. The molecule has 3 N–H and O–H groups in total. The summed E-state index contributed by atoms with van der Waals surface area (Å²) in [5.74, 6) is 0.883. The molecule has 1 rings (SSSR count). The maximum Gasteiger partial charge on any atom is 0.223 e. The van der Waals surface area contributed by atoms with Crippen molar-refractivity contribution in [1.82, 2.24) is 5.32 Å². The lowest BCUT2D eigenvalue weighted by Gasteiger charge is -2.27. The zero-order valence-electron chi connectivity index (χ0n) is 12.0. The Hall–Kier alpha value is -0.650. The minimum atomic E-state index is 0.164. The van der Waals surface area contributed by atoms with E-state index in [4.69, 9.17) is 15.2 Å². The van der Waals surface area contributed by atoms with Gasteiger partial charge in [-0.25, -0.2) is 0 Å². The lowest BCUT2D eigenvalue weighted by Crippen LogP contribution is -2.36. The molecule has 5 heteroatoms. The van der Waals surface area contributed by atoms with Crippen LogP contribution in [0.4, 0.5) is 0 Å². The second-order valence-electron chi connectivity index (χ2n) is 5.22. The van der Waals surface area contributed by atoms with Crippen molar-refractivity contribution >= 4 is 5.91 Å². The molecule has 112 valence electrons. The fourth-order valence-electron chi connectivity index (χ4n) is 2.52. The van der Waals surface area contributed by atoms with Crippen molar-refractivity contribution < 1.29 is 14.3 Å². The quantitative estimate of drug-likeness (QED) is 0.612. The van der Waals surface area contributed by atoms with Crippen LogP contribution in [0, 0.1) is 11.8 Å². The first kappa shape index (κ1) is 16.4. The normalized spacial score (nSPS) is 23.3. The van der Waals surface area contributed by atoms with Crippen LogP contribution in [-0.2, 0) is 14.3 Å². The Morgan fingerprint density at radius 3 is 2.89 bits per heavy atom. The van der Waals surface area contributed by atoms with Crippen molar-refractivity contribution in [3.8, 4) is 0 Å². The van der Waals surface area contributed by atoms with E-state index in [1.54, 1.807) is 7.11 Å². The summed E-state index contributed by atoms with van der Waals surface area (Å²) in [6.07, 6.45) is 5.11. The highest BCUT2D eigenvalue weighted by Crippen LogP contribution is 2.28. The molecule has 0 aromatic carbocycles. The van der Waals surface area contributed by atoms with Gasteiger partial charge in [0.25, 0.3) is 0 Å². The van der Waals surface area contributed by atoms with Gasteiger partial charge in [-0.15, -0.1) is 0 Å². The van der Waals surface area contributed by atoms with Crippen molar-refractivity contribution in [3.63, 3.8) is 0 Å². The van der Waals surface area contributed by atoms with Crippen molar-refractivity contribution in [2.45, 2.75) is 32.1 Å². The van der Waals surface area contributed by atoms with Gasteiger partial charge < -0.3 is 20.5 Å². The monoisotopic (exact) mass is 272 g/mol. The van der Waals surface area contributed by atoms with Gasteiger partial charge in [0.15, 0.2) is 0 Å². The van der Waals surface area contributed by atoms with Gasteiger partial charge in [0, 0.05) is 26.2 Å². The van der Waals surface area contributed by atoms with E-state index in [1.807, 2.05) is 0 Å². The summed E-state index contributed by atoms with van der Waals surface area (Å²) in [4.78, 5) is 12.0. The molecule has 1 amide bonds. The van der Waals surface area contributed by atoms with E-state index in [-0.39, 0.29) is 11.8 Å². The van der Waals surface area contributed by atoms with E-state index in [0.717, 1.165) is 25.7 Å². The molecule has 2 unspecified atom stereocenters. The van der Waals surface area contributed by atoms with Crippen LogP contribution in [0.1, 0.15) is 32.1 Å². The highest BCUT2D eigenvalue weighted by atomic mass is 16.5. The Balaban J connectivity index is 2.04. The van der Waals surface area contributed by atoms with Crippen LogP contribution < -0.4 is 11.1 Å². The van der Waals surface area contributed by atoms with Crippen molar-refractivity contribution in [1.29, 1.82) is 0 Å². The molecule has 0 aromatic heterocycles. The first-order valence-electron chi connectivity index (χ1n) is 7.32. The molecule has 1 fully saturated rings. The topological polar surface area (TPSA) is 73.6 Å². The van der Waals surface area contributed by atoms with E-state index in [1.165, 1.54) is 6.42 Å². The summed E-state index contributed by atoms with van der Waals surface area (Å²) in [6, 6.07) is 0. The molecule has 2 atom stereocenters. The Morgan fingerprint density at radius 1 is 1.32 bits per heavy atom. The van der Waals surface area contributed by atoms with E-state index in [2.05, 4.69) is 5.32 Å². The molecule has 0 bridgehead atoms. The van der Waals surface area contributed by atoms with Crippen LogP contribution in [0.3, 0.4) is 0 Å². The average Bonchev–Trinajstić information content (AvgIpc) is 2.46. The third kappa shape index (κ3) is 6.89. The standard InChI is InChI=1S/C14H28N2O3/c1-18-8-9-19-7-3-6-16-14(17)13-5-2-4-12(10-13)11-15/h12-13H,2-11,15H2,1H3,(H,16,17). The number of hydrogen-bond acceptors (Lipinski definition) is 4. The maximum absolute atomic E-state index is 12.0. The fourth-order valence-corrected chi connectivity index (χ4v) is 2.52. The molecule has 1 aliphatic carbocycles. The number of nitrogens with one attached hydrogen (secondary N) is 1. The van der Waals surface area contributed by atoms with Gasteiger partial charge in [-0.1, -0.05) is 6.42 Å². The van der Waals surface area contributed by atoms with Crippen molar-refractivity contribution in [2.75, 3.05) is 40.0 Å². The van der Waals surface area contributed by atoms with Crippen LogP contribution in [0.25, 0.3) is 0 Å². The number of methoxy groups -OCH3 is 1. The van der Waals surface area contributed by atoms with E-state index in [0.29, 0.717) is 38.8 Å². The van der Waals surface area contributed by atoms with Gasteiger partial charge in [-0.2, -0.15) is 0 Å². The number of hydrogen-bond donors (Lipinski definition) is 2. The van der Waals surface area contributed by atoms with E-state index >= 15 is 0 Å². The van der Waals surface area contributed by atoms with Crippen molar-refractivity contribution in [2.24, 2.45) is 17.6 Å². The molecule has 1 aliphatic rings. The predicted molar refractivity (Wildman–Crippen MR) is 74.8 cm³/mol. The van der Waals surface area contributed by atoms with Crippen LogP contribution >= 0.6 is 0 Å². The number of amides is 1. The highest BCUT2D eigenvalue weighted by molar-refractivity contribution is 5.78. The molecule has 19 heavy (non-hydrogen) atoms. The van der Waals surface area contributed by atoms with Gasteiger partial charge in [0.05, 0.1) is 13.2 Å². The average molecular weight is 272 g/mol. The summed E-state index contributed by atoms with van der Waals surface area (Å²) in [6.45, 7) is 3.30. The highest BCUT2D eigenvalue weighted by Gasteiger charge is 2.25. The molecule has 0 aliphatic heterocycles. The summed E-state index contributed by atoms with van der Waals surface area (Å²) >= 11 is 0.